The molecule has 0 N–H and O–H groups in total. The molecule has 0 saturated heterocycles. The van der Waals surface area contributed by atoms with Crippen LogP contribution in [0.2, 0.25) is 0 Å². The lowest BCUT2D eigenvalue weighted by Crippen LogP contribution is -2.31. The van der Waals surface area contributed by atoms with Gasteiger partial charge in [-0.05, 0) is 55.8 Å². The van der Waals surface area contributed by atoms with Gasteiger partial charge in [0.15, 0.2) is 0 Å². The SMILES string of the molecule is CCOc1ccc(S(=O)(=O)N2CCCOc3ccc(C)cc32)cc1. The summed E-state index contributed by atoms with van der Waals surface area (Å²) in [5.74, 6) is 1.26. The first-order valence-corrected chi connectivity index (χ1v) is 9.45. The number of hydrogen-bond donors (Lipinski definition) is 0. The standard InChI is InChI=1S/C18H21NO4S/c1-3-22-15-6-8-16(9-7-15)24(20,21)19-11-4-12-23-18-10-5-14(2)13-17(18)19/h5-10,13H,3-4,11-12H2,1-2H3. The zero-order valence-electron chi connectivity index (χ0n) is 13.9. The van der Waals surface area contributed by atoms with E-state index >= 15 is 0 Å². The van der Waals surface area contributed by atoms with Crippen LogP contribution in [0.1, 0.15) is 18.9 Å². The second kappa shape index (κ2) is 6.73. The van der Waals surface area contributed by atoms with Crippen LogP contribution in [0.15, 0.2) is 47.4 Å². The Morgan fingerprint density at radius 3 is 2.62 bits per heavy atom. The first-order chi connectivity index (χ1) is 11.5. The summed E-state index contributed by atoms with van der Waals surface area (Å²) >= 11 is 0. The molecule has 0 bridgehead atoms. The number of hydrogen-bond acceptors (Lipinski definition) is 4. The Hall–Kier alpha value is -2.21. The Morgan fingerprint density at radius 2 is 1.92 bits per heavy atom. The average Bonchev–Trinajstić information content (AvgIpc) is 2.78. The third-order valence-electron chi connectivity index (χ3n) is 3.87. The van der Waals surface area contributed by atoms with Crippen molar-refractivity contribution in [2.45, 2.75) is 25.2 Å². The van der Waals surface area contributed by atoms with E-state index in [9.17, 15) is 8.42 Å². The number of benzene rings is 2. The smallest absolute Gasteiger partial charge is 0.264 e. The highest BCUT2D eigenvalue weighted by Crippen LogP contribution is 2.35. The van der Waals surface area contributed by atoms with Crippen LogP contribution in [0, 0.1) is 6.92 Å². The van der Waals surface area contributed by atoms with Crippen LogP contribution in [-0.4, -0.2) is 28.2 Å². The van der Waals surface area contributed by atoms with Crippen molar-refractivity contribution in [1.29, 1.82) is 0 Å². The van der Waals surface area contributed by atoms with Gasteiger partial charge in [-0.3, -0.25) is 4.31 Å². The number of anilines is 1. The summed E-state index contributed by atoms with van der Waals surface area (Å²) in [6.45, 7) is 5.27. The molecule has 5 nitrogen and oxygen atoms in total. The summed E-state index contributed by atoms with van der Waals surface area (Å²) in [4.78, 5) is 0.250. The molecular weight excluding hydrogens is 326 g/mol. The van der Waals surface area contributed by atoms with Crippen molar-refractivity contribution < 1.29 is 17.9 Å². The topological polar surface area (TPSA) is 55.8 Å². The Labute approximate surface area is 142 Å². The third kappa shape index (κ3) is 3.19. The quantitative estimate of drug-likeness (QED) is 0.851. The van der Waals surface area contributed by atoms with Crippen LogP contribution in [0.3, 0.4) is 0 Å². The highest BCUT2D eigenvalue weighted by molar-refractivity contribution is 7.92. The van der Waals surface area contributed by atoms with E-state index in [1.165, 1.54) is 4.31 Å². The summed E-state index contributed by atoms with van der Waals surface area (Å²) in [6.07, 6.45) is 0.643. The first-order valence-electron chi connectivity index (χ1n) is 8.01. The van der Waals surface area contributed by atoms with E-state index in [0.717, 1.165) is 5.56 Å². The second-order valence-corrected chi connectivity index (χ2v) is 7.52. The molecule has 0 atom stereocenters. The van der Waals surface area contributed by atoms with E-state index in [1.807, 2.05) is 32.0 Å². The summed E-state index contributed by atoms with van der Waals surface area (Å²) in [5, 5.41) is 0. The molecule has 128 valence electrons. The second-order valence-electron chi connectivity index (χ2n) is 5.65. The number of fused-ring (bicyclic) bond motifs is 1. The van der Waals surface area contributed by atoms with Gasteiger partial charge in [-0.25, -0.2) is 8.42 Å². The van der Waals surface area contributed by atoms with Gasteiger partial charge in [0.25, 0.3) is 10.0 Å². The van der Waals surface area contributed by atoms with Crippen molar-refractivity contribution in [2.24, 2.45) is 0 Å². The van der Waals surface area contributed by atoms with Crippen LogP contribution in [0.4, 0.5) is 5.69 Å². The van der Waals surface area contributed by atoms with E-state index < -0.39 is 10.0 Å². The zero-order valence-corrected chi connectivity index (χ0v) is 14.7. The van der Waals surface area contributed by atoms with Crippen LogP contribution in [0.25, 0.3) is 0 Å². The maximum Gasteiger partial charge on any atom is 0.264 e. The molecule has 0 saturated carbocycles. The molecule has 6 heteroatoms. The average molecular weight is 347 g/mol. The van der Waals surface area contributed by atoms with Gasteiger partial charge in [0.05, 0.1) is 23.8 Å². The fraction of sp³-hybridized carbons (Fsp3) is 0.333. The largest absolute Gasteiger partial charge is 0.494 e. The molecule has 2 aromatic carbocycles. The van der Waals surface area contributed by atoms with Gasteiger partial charge >= 0.3 is 0 Å². The molecule has 0 aromatic heterocycles. The number of aryl methyl sites for hydroxylation is 1. The van der Waals surface area contributed by atoms with Crippen LogP contribution >= 0.6 is 0 Å². The van der Waals surface area contributed by atoms with Gasteiger partial charge in [0.2, 0.25) is 0 Å². The first kappa shape index (κ1) is 16.6. The number of rotatable bonds is 4. The Kier molecular flexibility index (Phi) is 4.66. The highest BCUT2D eigenvalue weighted by atomic mass is 32.2. The van der Waals surface area contributed by atoms with Gasteiger partial charge in [-0.2, -0.15) is 0 Å². The predicted molar refractivity (Wildman–Crippen MR) is 93.4 cm³/mol. The van der Waals surface area contributed by atoms with Gasteiger partial charge in [0, 0.05) is 13.0 Å². The van der Waals surface area contributed by atoms with Crippen LogP contribution < -0.4 is 13.8 Å². The Morgan fingerprint density at radius 1 is 1.17 bits per heavy atom. The molecule has 0 fully saturated rings. The summed E-state index contributed by atoms with van der Waals surface area (Å²) in [7, 11) is -3.65. The fourth-order valence-corrected chi connectivity index (χ4v) is 4.21. The molecule has 0 spiro atoms. The summed E-state index contributed by atoms with van der Waals surface area (Å²) in [5.41, 5.74) is 1.59. The third-order valence-corrected chi connectivity index (χ3v) is 5.70. The Balaban J connectivity index is 2.01. The van der Waals surface area contributed by atoms with Crippen molar-refractivity contribution in [3.8, 4) is 11.5 Å². The lowest BCUT2D eigenvalue weighted by atomic mass is 10.2. The highest BCUT2D eigenvalue weighted by Gasteiger charge is 2.29. The normalized spacial score (nSPS) is 14.5. The van der Waals surface area contributed by atoms with Gasteiger partial charge in [0.1, 0.15) is 11.5 Å². The molecule has 1 aliphatic heterocycles. The summed E-state index contributed by atoms with van der Waals surface area (Å²) < 4.78 is 38.7. The molecule has 24 heavy (non-hydrogen) atoms. The van der Waals surface area contributed by atoms with Crippen LogP contribution in [-0.2, 0) is 10.0 Å². The van der Waals surface area contributed by atoms with Crippen molar-refractivity contribution in [2.75, 3.05) is 24.1 Å². The van der Waals surface area contributed by atoms with E-state index in [1.54, 1.807) is 24.3 Å². The molecule has 3 rings (SSSR count). The maximum atomic E-state index is 13.1. The number of ether oxygens (including phenoxy) is 2. The van der Waals surface area contributed by atoms with Crippen molar-refractivity contribution in [3.05, 3.63) is 48.0 Å². The summed E-state index contributed by atoms with van der Waals surface area (Å²) in [6, 6.07) is 12.1. The lowest BCUT2D eigenvalue weighted by molar-refractivity contribution is 0.322. The molecule has 1 heterocycles. The van der Waals surface area contributed by atoms with Crippen molar-refractivity contribution in [1.82, 2.24) is 0 Å². The minimum absolute atomic E-state index is 0.250. The minimum atomic E-state index is -3.65. The van der Waals surface area contributed by atoms with Gasteiger partial charge < -0.3 is 9.47 Å². The number of sulfonamides is 1. The molecule has 2 aromatic rings. The van der Waals surface area contributed by atoms with E-state index in [0.29, 0.717) is 43.4 Å². The minimum Gasteiger partial charge on any atom is -0.494 e. The number of nitrogens with zero attached hydrogens (tertiary/aromatic N) is 1. The molecular formula is C18H21NO4S. The molecule has 1 aliphatic rings. The Bertz CT molecular complexity index is 815. The molecule has 0 radical (unpaired) electrons. The van der Waals surface area contributed by atoms with Gasteiger partial charge in [-0.1, -0.05) is 6.07 Å². The fourth-order valence-electron chi connectivity index (χ4n) is 2.71. The van der Waals surface area contributed by atoms with E-state index in [-0.39, 0.29) is 4.90 Å². The monoisotopic (exact) mass is 347 g/mol. The van der Waals surface area contributed by atoms with E-state index in [4.69, 9.17) is 9.47 Å². The lowest BCUT2D eigenvalue weighted by Gasteiger charge is -2.24. The molecule has 0 aliphatic carbocycles. The maximum absolute atomic E-state index is 13.1. The predicted octanol–water partition coefficient (Wildman–Crippen LogP) is 3.37. The van der Waals surface area contributed by atoms with Crippen molar-refractivity contribution >= 4 is 15.7 Å². The van der Waals surface area contributed by atoms with Gasteiger partial charge in [-0.15, -0.1) is 0 Å². The van der Waals surface area contributed by atoms with E-state index in [2.05, 4.69) is 0 Å². The zero-order chi connectivity index (χ0) is 17.2. The molecule has 0 unspecified atom stereocenters. The van der Waals surface area contributed by atoms with Crippen LogP contribution in [0.5, 0.6) is 11.5 Å². The molecule has 0 amide bonds. The van der Waals surface area contributed by atoms with Crippen molar-refractivity contribution in [3.63, 3.8) is 0 Å².